The molecule has 0 heterocycles. The maximum atomic E-state index is 5.79. The van der Waals surface area contributed by atoms with Crippen molar-refractivity contribution in [3.63, 3.8) is 0 Å². The molecule has 0 aliphatic rings. The first-order chi connectivity index (χ1) is 10.3. The van der Waals surface area contributed by atoms with Gasteiger partial charge in [0.2, 0.25) is 0 Å². The smallest absolute Gasteiger partial charge is 0.125 e. The van der Waals surface area contributed by atoms with Gasteiger partial charge in [-0.2, -0.15) is 0 Å². The Morgan fingerprint density at radius 2 is 1.67 bits per heavy atom. The summed E-state index contributed by atoms with van der Waals surface area (Å²) in [6.07, 6.45) is 2.03. The summed E-state index contributed by atoms with van der Waals surface area (Å²) in [7, 11) is 1.65. The van der Waals surface area contributed by atoms with E-state index in [1.807, 2.05) is 24.5 Å². The van der Waals surface area contributed by atoms with Crippen LogP contribution in [0, 0.1) is 0 Å². The Hall–Kier alpha value is -0.790. The van der Waals surface area contributed by atoms with E-state index in [0.29, 0.717) is 46.2 Å². The van der Waals surface area contributed by atoms with Crippen molar-refractivity contribution < 1.29 is 18.9 Å². The fourth-order valence-corrected chi connectivity index (χ4v) is 2.39. The third kappa shape index (κ3) is 7.15. The number of ether oxygens (including phenoxy) is 4. The molecular weight excluding hydrogens is 290 g/mol. The maximum absolute atomic E-state index is 5.79. The molecule has 0 aliphatic heterocycles. The van der Waals surface area contributed by atoms with Crippen molar-refractivity contribution in [3.05, 3.63) is 23.8 Å². The van der Waals surface area contributed by atoms with Gasteiger partial charge in [0.15, 0.2) is 0 Å². The predicted octanol–water partition coefficient (Wildman–Crippen LogP) is 1.93. The summed E-state index contributed by atoms with van der Waals surface area (Å²) in [6, 6.07) is 5.97. The number of hydrogen-bond acceptors (Lipinski definition) is 6. The molecule has 0 aliphatic carbocycles. The highest BCUT2D eigenvalue weighted by atomic mass is 32.2. The van der Waals surface area contributed by atoms with Crippen LogP contribution < -0.4 is 10.5 Å². The fraction of sp³-hybridized carbons (Fsp3) is 0.600. The van der Waals surface area contributed by atoms with E-state index in [9.17, 15) is 0 Å². The number of benzene rings is 1. The Kier molecular flexibility index (Phi) is 10.3. The predicted molar refractivity (Wildman–Crippen MR) is 85.1 cm³/mol. The van der Waals surface area contributed by atoms with E-state index < -0.39 is 0 Å². The Morgan fingerprint density at radius 3 is 2.29 bits per heavy atom. The zero-order valence-electron chi connectivity index (χ0n) is 12.8. The molecule has 0 radical (unpaired) electrons. The lowest BCUT2D eigenvalue weighted by Crippen LogP contribution is -2.13. The van der Waals surface area contributed by atoms with Crippen LogP contribution in [0.15, 0.2) is 23.1 Å². The number of rotatable bonds is 12. The minimum Gasteiger partial charge on any atom is -0.491 e. The monoisotopic (exact) mass is 315 g/mol. The first kappa shape index (κ1) is 18.3. The maximum Gasteiger partial charge on any atom is 0.125 e. The zero-order chi connectivity index (χ0) is 15.3. The summed E-state index contributed by atoms with van der Waals surface area (Å²) < 4.78 is 21.3. The third-order valence-corrected chi connectivity index (χ3v) is 3.63. The highest BCUT2D eigenvalue weighted by Gasteiger charge is 2.07. The van der Waals surface area contributed by atoms with Gasteiger partial charge in [-0.15, -0.1) is 11.8 Å². The van der Waals surface area contributed by atoms with Gasteiger partial charge < -0.3 is 24.7 Å². The second-order valence-corrected chi connectivity index (χ2v) is 5.06. The lowest BCUT2D eigenvalue weighted by Gasteiger charge is -2.13. The lowest BCUT2D eigenvalue weighted by molar-refractivity contribution is 0.0179. The van der Waals surface area contributed by atoms with Crippen LogP contribution in [0.1, 0.15) is 5.56 Å². The number of nitrogens with two attached hydrogens (primary N) is 1. The summed E-state index contributed by atoms with van der Waals surface area (Å²) >= 11 is 1.67. The van der Waals surface area contributed by atoms with Gasteiger partial charge in [0, 0.05) is 24.1 Å². The molecule has 1 aromatic carbocycles. The topological polar surface area (TPSA) is 62.9 Å². The van der Waals surface area contributed by atoms with Crippen LogP contribution in [0.2, 0.25) is 0 Å². The van der Waals surface area contributed by atoms with Crippen LogP contribution in [0.3, 0.4) is 0 Å². The average molecular weight is 315 g/mol. The molecule has 0 saturated carbocycles. The number of thioether (sulfide) groups is 1. The summed E-state index contributed by atoms with van der Waals surface area (Å²) in [5.41, 5.74) is 6.83. The molecule has 120 valence electrons. The normalized spacial score (nSPS) is 10.8. The van der Waals surface area contributed by atoms with Gasteiger partial charge in [-0.1, -0.05) is 6.07 Å². The molecule has 21 heavy (non-hydrogen) atoms. The number of hydrogen-bond donors (Lipinski definition) is 1. The molecule has 6 heteroatoms. The van der Waals surface area contributed by atoms with Crippen LogP contribution in [0.5, 0.6) is 5.75 Å². The summed E-state index contributed by atoms with van der Waals surface area (Å²) in [4.78, 5) is 1.16. The summed E-state index contributed by atoms with van der Waals surface area (Å²) in [6.45, 7) is 3.83. The largest absolute Gasteiger partial charge is 0.491 e. The fourth-order valence-electron chi connectivity index (χ4n) is 1.75. The summed E-state index contributed by atoms with van der Waals surface area (Å²) in [5.74, 6) is 0.837. The van der Waals surface area contributed by atoms with Crippen LogP contribution >= 0.6 is 11.8 Å². The van der Waals surface area contributed by atoms with E-state index in [4.69, 9.17) is 24.7 Å². The highest BCUT2D eigenvalue weighted by molar-refractivity contribution is 7.98. The molecule has 1 aromatic rings. The van der Waals surface area contributed by atoms with Gasteiger partial charge in [-0.05, 0) is 18.4 Å². The van der Waals surface area contributed by atoms with Gasteiger partial charge in [-0.3, -0.25) is 0 Å². The van der Waals surface area contributed by atoms with E-state index in [-0.39, 0.29) is 0 Å². The molecule has 1 rings (SSSR count). The molecule has 0 amide bonds. The van der Waals surface area contributed by atoms with E-state index >= 15 is 0 Å². The van der Waals surface area contributed by atoms with E-state index in [2.05, 4.69) is 0 Å². The molecule has 0 bridgehead atoms. The Balaban J connectivity index is 2.18. The van der Waals surface area contributed by atoms with Crippen LogP contribution in [-0.2, 0) is 20.8 Å². The van der Waals surface area contributed by atoms with Crippen molar-refractivity contribution in [1.29, 1.82) is 0 Å². The van der Waals surface area contributed by atoms with Crippen molar-refractivity contribution in [2.75, 3.05) is 53.0 Å². The molecule has 0 spiro atoms. The van der Waals surface area contributed by atoms with Crippen molar-refractivity contribution in [3.8, 4) is 5.75 Å². The van der Waals surface area contributed by atoms with Crippen LogP contribution in [0.25, 0.3) is 0 Å². The molecular formula is C15H25NO4S. The van der Waals surface area contributed by atoms with Gasteiger partial charge in [0.25, 0.3) is 0 Å². The molecule has 0 fully saturated rings. The van der Waals surface area contributed by atoms with Gasteiger partial charge >= 0.3 is 0 Å². The van der Waals surface area contributed by atoms with Crippen molar-refractivity contribution >= 4 is 11.8 Å². The lowest BCUT2D eigenvalue weighted by atomic mass is 10.2. The second kappa shape index (κ2) is 11.8. The molecule has 0 saturated heterocycles. The van der Waals surface area contributed by atoms with Gasteiger partial charge in [-0.25, -0.2) is 0 Å². The molecule has 2 N–H and O–H groups in total. The van der Waals surface area contributed by atoms with Crippen LogP contribution in [0.4, 0.5) is 0 Å². The first-order valence-corrected chi connectivity index (χ1v) is 8.19. The summed E-state index contributed by atoms with van der Waals surface area (Å²) in [5, 5.41) is 0. The molecule has 5 nitrogen and oxygen atoms in total. The number of methoxy groups -OCH3 is 1. The van der Waals surface area contributed by atoms with Gasteiger partial charge in [0.05, 0.1) is 33.0 Å². The minimum atomic E-state index is 0.473. The first-order valence-electron chi connectivity index (χ1n) is 6.96. The van der Waals surface area contributed by atoms with Crippen molar-refractivity contribution in [2.45, 2.75) is 11.4 Å². The molecule has 0 unspecified atom stereocenters. The Labute approximate surface area is 131 Å². The second-order valence-electron chi connectivity index (χ2n) is 4.21. The standard InChI is InChI=1S/C15H25NO4S/c1-17-6-7-18-8-9-19-10-11-20-14-4-3-5-15(21-2)13(14)12-16/h3-5H,6-12,16H2,1-2H3. The van der Waals surface area contributed by atoms with E-state index in [0.717, 1.165) is 16.2 Å². The van der Waals surface area contributed by atoms with E-state index in [1.165, 1.54) is 0 Å². The Bertz CT molecular complexity index is 390. The van der Waals surface area contributed by atoms with Crippen molar-refractivity contribution in [1.82, 2.24) is 0 Å². The van der Waals surface area contributed by atoms with Crippen molar-refractivity contribution in [2.24, 2.45) is 5.73 Å². The SMILES string of the molecule is COCCOCCOCCOc1cccc(SC)c1CN. The third-order valence-electron chi connectivity index (χ3n) is 2.80. The van der Waals surface area contributed by atoms with Crippen LogP contribution in [-0.4, -0.2) is 53.0 Å². The highest BCUT2D eigenvalue weighted by Crippen LogP contribution is 2.28. The minimum absolute atomic E-state index is 0.473. The quantitative estimate of drug-likeness (QED) is 0.470. The zero-order valence-corrected chi connectivity index (χ0v) is 13.6. The molecule has 0 atom stereocenters. The Morgan fingerprint density at radius 1 is 1.00 bits per heavy atom. The average Bonchev–Trinajstić information content (AvgIpc) is 2.52. The van der Waals surface area contributed by atoms with E-state index in [1.54, 1.807) is 18.9 Å². The van der Waals surface area contributed by atoms with Gasteiger partial charge in [0.1, 0.15) is 12.4 Å². The molecule has 0 aromatic heterocycles.